The van der Waals surface area contributed by atoms with Crippen molar-refractivity contribution in [2.24, 2.45) is 5.92 Å². The molecule has 0 aromatic heterocycles. The lowest BCUT2D eigenvalue weighted by molar-refractivity contribution is -0.123. The smallest absolute Gasteiger partial charge is 0.236 e. The molecule has 2 atom stereocenters. The number of methoxy groups -OCH3 is 1. The minimum Gasteiger partial charge on any atom is -0.494 e. The molecule has 1 aliphatic rings. The highest BCUT2D eigenvalue weighted by Gasteiger charge is 2.26. The summed E-state index contributed by atoms with van der Waals surface area (Å²) in [7, 11) is 3.10. The van der Waals surface area contributed by atoms with Gasteiger partial charge in [-0.1, -0.05) is 6.07 Å². The molecule has 110 valence electrons. The van der Waals surface area contributed by atoms with Crippen LogP contribution < -0.4 is 15.4 Å². The zero-order valence-corrected chi connectivity index (χ0v) is 11.9. The molecule has 0 radical (unpaired) electrons. The summed E-state index contributed by atoms with van der Waals surface area (Å²) >= 11 is 0. The molecule has 4 nitrogen and oxygen atoms in total. The number of ether oxygens (including phenoxy) is 1. The molecule has 2 N–H and O–H groups in total. The third-order valence-electron chi connectivity index (χ3n) is 3.82. The van der Waals surface area contributed by atoms with Gasteiger partial charge in [0, 0.05) is 7.05 Å². The molecule has 1 aliphatic heterocycles. The van der Waals surface area contributed by atoms with E-state index in [-0.39, 0.29) is 23.5 Å². The fourth-order valence-corrected chi connectivity index (χ4v) is 2.73. The SMILES string of the molecule is CNC(=O)C1CC(Cc2ccc(OC)c(F)c2)CCN1. The van der Waals surface area contributed by atoms with Crippen LogP contribution in [0, 0.1) is 11.7 Å². The quantitative estimate of drug-likeness (QED) is 0.878. The molecule has 0 bridgehead atoms. The van der Waals surface area contributed by atoms with Gasteiger partial charge < -0.3 is 15.4 Å². The topological polar surface area (TPSA) is 50.4 Å². The Morgan fingerprint density at radius 3 is 3.00 bits per heavy atom. The fraction of sp³-hybridized carbons (Fsp3) is 0.533. The van der Waals surface area contributed by atoms with Crippen molar-refractivity contribution in [3.63, 3.8) is 0 Å². The molecule has 0 spiro atoms. The Labute approximate surface area is 118 Å². The van der Waals surface area contributed by atoms with Crippen molar-refractivity contribution in [1.29, 1.82) is 0 Å². The molecule has 20 heavy (non-hydrogen) atoms. The molecule has 1 saturated heterocycles. The number of hydrogen-bond acceptors (Lipinski definition) is 3. The Morgan fingerprint density at radius 2 is 2.35 bits per heavy atom. The second-order valence-electron chi connectivity index (χ2n) is 5.18. The number of carbonyl (C=O) groups excluding carboxylic acids is 1. The van der Waals surface area contributed by atoms with E-state index >= 15 is 0 Å². The summed E-state index contributed by atoms with van der Waals surface area (Å²) in [5.74, 6) is 0.353. The lowest BCUT2D eigenvalue weighted by Crippen LogP contribution is -2.48. The monoisotopic (exact) mass is 280 g/mol. The van der Waals surface area contributed by atoms with Crippen LogP contribution in [0.15, 0.2) is 18.2 Å². The predicted molar refractivity (Wildman–Crippen MR) is 75.2 cm³/mol. The molecule has 1 heterocycles. The third kappa shape index (κ3) is 3.48. The minimum atomic E-state index is -0.332. The third-order valence-corrected chi connectivity index (χ3v) is 3.82. The van der Waals surface area contributed by atoms with E-state index in [1.165, 1.54) is 13.2 Å². The lowest BCUT2D eigenvalue weighted by atomic mass is 9.87. The Balaban J connectivity index is 1.99. The number of benzene rings is 1. The average Bonchev–Trinajstić information content (AvgIpc) is 2.47. The van der Waals surface area contributed by atoms with E-state index in [1.807, 2.05) is 6.07 Å². The zero-order chi connectivity index (χ0) is 14.5. The van der Waals surface area contributed by atoms with Gasteiger partial charge in [-0.2, -0.15) is 0 Å². The Bertz CT molecular complexity index is 479. The van der Waals surface area contributed by atoms with Crippen LogP contribution in [0.2, 0.25) is 0 Å². The van der Waals surface area contributed by atoms with Crippen LogP contribution in [0.25, 0.3) is 0 Å². The lowest BCUT2D eigenvalue weighted by Gasteiger charge is -2.29. The van der Waals surface area contributed by atoms with Crippen LogP contribution in [0.5, 0.6) is 5.75 Å². The van der Waals surface area contributed by atoms with Gasteiger partial charge >= 0.3 is 0 Å². The molecule has 1 aromatic rings. The van der Waals surface area contributed by atoms with Crippen molar-refractivity contribution in [2.75, 3.05) is 20.7 Å². The van der Waals surface area contributed by atoms with E-state index in [1.54, 1.807) is 13.1 Å². The summed E-state index contributed by atoms with van der Waals surface area (Å²) in [6, 6.07) is 4.93. The molecular formula is C15H21FN2O2. The van der Waals surface area contributed by atoms with E-state index in [9.17, 15) is 9.18 Å². The molecule has 5 heteroatoms. The summed E-state index contributed by atoms with van der Waals surface area (Å²) in [5.41, 5.74) is 0.950. The van der Waals surface area contributed by atoms with Crippen LogP contribution >= 0.6 is 0 Å². The van der Waals surface area contributed by atoms with Gasteiger partial charge in [-0.15, -0.1) is 0 Å². The normalized spacial score (nSPS) is 22.4. The van der Waals surface area contributed by atoms with E-state index < -0.39 is 0 Å². The van der Waals surface area contributed by atoms with Crippen LogP contribution in [-0.2, 0) is 11.2 Å². The second-order valence-corrected chi connectivity index (χ2v) is 5.18. The van der Waals surface area contributed by atoms with Crippen molar-refractivity contribution in [2.45, 2.75) is 25.3 Å². The summed E-state index contributed by atoms with van der Waals surface area (Å²) in [6.07, 6.45) is 2.57. The predicted octanol–water partition coefficient (Wildman–Crippen LogP) is 1.49. The maximum Gasteiger partial charge on any atom is 0.236 e. The van der Waals surface area contributed by atoms with Gasteiger partial charge in [0.05, 0.1) is 13.2 Å². The number of piperidine rings is 1. The molecule has 1 aromatic carbocycles. The van der Waals surface area contributed by atoms with Crippen LogP contribution in [-0.4, -0.2) is 32.7 Å². The van der Waals surface area contributed by atoms with E-state index in [2.05, 4.69) is 10.6 Å². The molecule has 2 unspecified atom stereocenters. The van der Waals surface area contributed by atoms with E-state index in [0.717, 1.165) is 31.4 Å². The van der Waals surface area contributed by atoms with Crippen LogP contribution in [0.1, 0.15) is 18.4 Å². The van der Waals surface area contributed by atoms with Gasteiger partial charge in [-0.3, -0.25) is 4.79 Å². The average molecular weight is 280 g/mol. The van der Waals surface area contributed by atoms with Crippen LogP contribution in [0.3, 0.4) is 0 Å². The largest absolute Gasteiger partial charge is 0.494 e. The zero-order valence-electron chi connectivity index (χ0n) is 11.9. The highest BCUT2D eigenvalue weighted by molar-refractivity contribution is 5.81. The summed E-state index contributed by atoms with van der Waals surface area (Å²) < 4.78 is 18.6. The maximum absolute atomic E-state index is 13.7. The van der Waals surface area contributed by atoms with Crippen molar-refractivity contribution in [1.82, 2.24) is 10.6 Å². The number of hydrogen-bond donors (Lipinski definition) is 2. The van der Waals surface area contributed by atoms with Crippen molar-refractivity contribution in [3.8, 4) is 5.75 Å². The van der Waals surface area contributed by atoms with E-state index in [4.69, 9.17) is 4.74 Å². The maximum atomic E-state index is 13.7. The first-order valence-electron chi connectivity index (χ1n) is 6.91. The minimum absolute atomic E-state index is 0.0237. The summed E-state index contributed by atoms with van der Waals surface area (Å²) in [4.78, 5) is 11.7. The number of carbonyl (C=O) groups is 1. The molecule has 1 fully saturated rings. The van der Waals surface area contributed by atoms with Crippen LogP contribution in [0.4, 0.5) is 4.39 Å². The Hall–Kier alpha value is -1.62. The number of rotatable bonds is 4. The van der Waals surface area contributed by atoms with Crippen molar-refractivity contribution >= 4 is 5.91 Å². The van der Waals surface area contributed by atoms with Crippen molar-refractivity contribution in [3.05, 3.63) is 29.6 Å². The molecule has 2 rings (SSSR count). The number of amides is 1. The highest BCUT2D eigenvalue weighted by Crippen LogP contribution is 2.24. The summed E-state index contributed by atoms with van der Waals surface area (Å²) in [6.45, 7) is 0.821. The number of nitrogens with one attached hydrogen (secondary N) is 2. The van der Waals surface area contributed by atoms with Gasteiger partial charge in [0.2, 0.25) is 5.91 Å². The van der Waals surface area contributed by atoms with Gasteiger partial charge in [-0.25, -0.2) is 4.39 Å². The Kier molecular flexibility index (Phi) is 4.95. The molecule has 1 amide bonds. The van der Waals surface area contributed by atoms with Gasteiger partial charge in [0.1, 0.15) is 0 Å². The summed E-state index contributed by atoms with van der Waals surface area (Å²) in [5, 5.41) is 5.87. The fourth-order valence-electron chi connectivity index (χ4n) is 2.73. The first-order valence-corrected chi connectivity index (χ1v) is 6.91. The first-order chi connectivity index (χ1) is 9.63. The second kappa shape index (κ2) is 6.70. The van der Waals surface area contributed by atoms with E-state index in [0.29, 0.717) is 5.92 Å². The number of halogens is 1. The Morgan fingerprint density at radius 1 is 1.55 bits per heavy atom. The van der Waals surface area contributed by atoms with Gasteiger partial charge in [0.15, 0.2) is 11.6 Å². The number of likely N-dealkylation sites (N-methyl/N-ethyl adjacent to an activating group) is 1. The standard InChI is InChI=1S/C15H21FN2O2/c1-17-15(19)13-9-11(5-6-18-13)7-10-3-4-14(20-2)12(16)8-10/h3-4,8,11,13,18H,5-7,9H2,1-2H3,(H,17,19). The molecule has 0 saturated carbocycles. The molecular weight excluding hydrogens is 259 g/mol. The van der Waals surface area contributed by atoms with Crippen molar-refractivity contribution < 1.29 is 13.9 Å². The molecule has 0 aliphatic carbocycles. The van der Waals surface area contributed by atoms with Gasteiger partial charge in [-0.05, 0) is 49.4 Å². The van der Waals surface area contributed by atoms with Gasteiger partial charge in [0.25, 0.3) is 0 Å². The highest BCUT2D eigenvalue weighted by atomic mass is 19.1. The first kappa shape index (κ1) is 14.8.